The van der Waals surface area contributed by atoms with E-state index < -0.39 is 52.5 Å². The van der Waals surface area contributed by atoms with Crippen LogP contribution < -0.4 is 0 Å². The molecular formula is C54H61Cl2F5N4O6. The number of aliphatic hydroxyl groups excluding tert-OH is 2. The molecule has 382 valence electrons. The van der Waals surface area contributed by atoms with Crippen LogP contribution in [-0.2, 0) is 9.59 Å². The van der Waals surface area contributed by atoms with E-state index in [4.69, 9.17) is 23.2 Å². The van der Waals surface area contributed by atoms with Gasteiger partial charge in [-0.1, -0.05) is 47.5 Å². The summed E-state index contributed by atoms with van der Waals surface area (Å²) in [5, 5.41) is 45.2. The molecule has 4 saturated heterocycles. The van der Waals surface area contributed by atoms with Crippen molar-refractivity contribution >= 4 is 47.2 Å². The Morgan fingerprint density at radius 1 is 0.549 bits per heavy atom. The van der Waals surface area contributed by atoms with Crippen LogP contribution in [0, 0.1) is 29.1 Å². The topological polar surface area (TPSA) is 128 Å². The van der Waals surface area contributed by atoms with Crippen molar-refractivity contribution in [3.05, 3.63) is 152 Å². The van der Waals surface area contributed by atoms with Crippen molar-refractivity contribution in [2.45, 2.75) is 86.6 Å². The molecule has 0 spiro atoms. The second-order valence-corrected chi connectivity index (χ2v) is 20.2. The molecule has 4 aromatic carbocycles. The van der Waals surface area contributed by atoms with Gasteiger partial charge < -0.3 is 40.0 Å². The van der Waals surface area contributed by atoms with E-state index >= 15 is 0 Å². The van der Waals surface area contributed by atoms with E-state index in [1.807, 2.05) is 24.3 Å². The number of carbonyl (C=O) groups is 2. The number of aliphatic hydroxyl groups is 4. The minimum Gasteiger partial charge on any atom is -0.389 e. The Balaban J connectivity index is 0.000000209. The van der Waals surface area contributed by atoms with E-state index in [0.29, 0.717) is 38.0 Å². The van der Waals surface area contributed by atoms with E-state index in [1.54, 1.807) is 4.90 Å². The molecule has 71 heavy (non-hydrogen) atoms. The minimum absolute atomic E-state index is 0.0310. The molecule has 8 rings (SSSR count). The van der Waals surface area contributed by atoms with Gasteiger partial charge in [0.15, 0.2) is 17.5 Å². The third kappa shape index (κ3) is 14.7. The fraction of sp³-hybridized carbons (Fsp3) is 0.444. The van der Waals surface area contributed by atoms with Gasteiger partial charge in [0.05, 0.1) is 23.4 Å². The highest BCUT2D eigenvalue weighted by Gasteiger charge is 2.42. The van der Waals surface area contributed by atoms with E-state index in [-0.39, 0.29) is 61.7 Å². The molecule has 2 atom stereocenters. The number of likely N-dealkylation sites (tertiary alicyclic amines) is 4. The molecule has 4 aliphatic heterocycles. The Morgan fingerprint density at radius 2 is 0.887 bits per heavy atom. The highest BCUT2D eigenvalue weighted by Crippen LogP contribution is 2.33. The van der Waals surface area contributed by atoms with Crippen molar-refractivity contribution in [2.24, 2.45) is 0 Å². The molecule has 10 nitrogen and oxygen atoms in total. The molecule has 0 aliphatic carbocycles. The molecule has 4 heterocycles. The van der Waals surface area contributed by atoms with Gasteiger partial charge in [-0.3, -0.25) is 9.59 Å². The average Bonchev–Trinajstić information content (AvgIpc) is 3.35. The lowest BCUT2D eigenvalue weighted by atomic mass is 9.84. The molecule has 0 radical (unpaired) electrons. The maximum Gasteiger partial charge on any atom is 0.246 e. The first-order chi connectivity index (χ1) is 33.9. The van der Waals surface area contributed by atoms with Gasteiger partial charge in [0.1, 0.15) is 11.6 Å². The van der Waals surface area contributed by atoms with Crippen LogP contribution >= 0.6 is 23.2 Å². The van der Waals surface area contributed by atoms with Gasteiger partial charge in [-0.05, 0) is 172 Å². The Morgan fingerprint density at radius 3 is 1.24 bits per heavy atom. The van der Waals surface area contributed by atoms with E-state index in [1.165, 1.54) is 34.3 Å². The average molecular weight is 1030 g/mol. The predicted molar refractivity (Wildman–Crippen MR) is 264 cm³/mol. The zero-order valence-electron chi connectivity index (χ0n) is 39.4. The van der Waals surface area contributed by atoms with Gasteiger partial charge in [-0.2, -0.15) is 0 Å². The minimum atomic E-state index is -1.56. The Hall–Kier alpha value is -4.71. The lowest BCUT2D eigenvalue weighted by Crippen LogP contribution is -2.56. The number of amides is 2. The largest absolute Gasteiger partial charge is 0.389 e. The third-order valence-corrected chi connectivity index (χ3v) is 15.1. The van der Waals surface area contributed by atoms with E-state index in [0.717, 1.165) is 98.3 Å². The molecule has 0 saturated carbocycles. The normalized spacial score (nSPS) is 20.2. The Labute approximate surface area is 421 Å². The summed E-state index contributed by atoms with van der Waals surface area (Å²) in [6.45, 7) is 5.15. The van der Waals surface area contributed by atoms with Crippen LogP contribution in [0.15, 0.2) is 91.0 Å². The second-order valence-electron chi connectivity index (χ2n) is 19.3. The fourth-order valence-electron chi connectivity index (χ4n) is 9.98. The van der Waals surface area contributed by atoms with Gasteiger partial charge in [-0.25, -0.2) is 22.0 Å². The summed E-state index contributed by atoms with van der Waals surface area (Å²) in [5.41, 5.74) is 0.291. The second kappa shape index (κ2) is 24.3. The number of β-amino-alcohol motifs (C(OH)–C–C–N with tert-alkyl or cyclic N) is 2. The quantitative estimate of drug-likeness (QED) is 0.0632. The number of halogens is 7. The molecule has 4 fully saturated rings. The van der Waals surface area contributed by atoms with Crippen LogP contribution in [0.1, 0.15) is 85.5 Å². The van der Waals surface area contributed by atoms with Gasteiger partial charge in [0.2, 0.25) is 11.8 Å². The van der Waals surface area contributed by atoms with Crippen molar-refractivity contribution in [2.75, 3.05) is 65.4 Å². The summed E-state index contributed by atoms with van der Waals surface area (Å²) in [5.74, 6) is -5.39. The first-order valence-corrected chi connectivity index (χ1v) is 24.9. The van der Waals surface area contributed by atoms with Crippen LogP contribution in [0.3, 0.4) is 0 Å². The Bertz CT molecular complexity index is 2440. The number of nitrogens with zero attached hydrogens (tertiary/aromatic N) is 4. The number of piperidine rings is 4. The van der Waals surface area contributed by atoms with Crippen molar-refractivity contribution in [3.8, 4) is 0 Å². The fourth-order valence-corrected chi connectivity index (χ4v) is 10.2. The molecule has 17 heteroatoms. The standard InChI is InChI=1S/C27H30ClF3N2O3.C27H31ClF2N2O3/c28-21-4-2-19(3-5-21)20-7-11-32(12-8-20)17-24(34)27(36)9-13-33(14-10-27)25(35)6-1-18-15-22(29)26(31)23(30)16-18;28-22-4-2-20(3-5-22)21-7-11-31(12-8-21)18-25(33)27(35)9-13-32(14-10-27)26(34)6-1-19-15-23(29)17-24(30)16-19/h1-6,15-16,20,24,34,36H,7-14,17H2;1-6,15-17,21,25,33,35H,7-14,18H2/b2*6-1+. The SMILES string of the molecule is O=C(/C=C/c1cc(F)c(F)c(F)c1)N1CCC(O)(C(O)CN2CCC(c3ccc(Cl)cc3)CC2)CC1.O=C(/C=C/c1cc(F)cc(F)c1)N1CCC(O)(C(O)CN2CCC(c3ccc(Cl)cc3)CC2)CC1. The van der Waals surface area contributed by atoms with Gasteiger partial charge in [0, 0.05) is 67.5 Å². The van der Waals surface area contributed by atoms with Crippen LogP contribution in [0.2, 0.25) is 10.0 Å². The van der Waals surface area contributed by atoms with E-state index in [9.17, 15) is 52.0 Å². The highest BCUT2D eigenvalue weighted by atomic mass is 35.5. The first kappa shape index (κ1) is 54.1. The summed E-state index contributed by atoms with van der Waals surface area (Å²) in [6, 6.07) is 20.6. The summed E-state index contributed by atoms with van der Waals surface area (Å²) >= 11 is 12.0. The van der Waals surface area contributed by atoms with Crippen molar-refractivity contribution in [1.82, 2.24) is 19.6 Å². The lowest BCUT2D eigenvalue weighted by Gasteiger charge is -2.43. The zero-order valence-corrected chi connectivity index (χ0v) is 40.9. The first-order valence-electron chi connectivity index (χ1n) is 24.2. The van der Waals surface area contributed by atoms with Crippen LogP contribution in [0.4, 0.5) is 22.0 Å². The van der Waals surface area contributed by atoms with Crippen LogP contribution in [0.25, 0.3) is 12.2 Å². The maximum absolute atomic E-state index is 13.4. The summed E-state index contributed by atoms with van der Waals surface area (Å²) in [7, 11) is 0. The number of rotatable bonds is 12. The number of hydrogen-bond donors (Lipinski definition) is 4. The third-order valence-electron chi connectivity index (χ3n) is 14.6. The Kier molecular flexibility index (Phi) is 18.5. The van der Waals surface area contributed by atoms with Crippen LogP contribution in [0.5, 0.6) is 0 Å². The van der Waals surface area contributed by atoms with E-state index in [2.05, 4.69) is 34.1 Å². The summed E-state index contributed by atoms with van der Waals surface area (Å²) in [6.07, 6.45) is 8.04. The molecule has 4 N–H and O–H groups in total. The molecule has 2 amide bonds. The lowest BCUT2D eigenvalue weighted by molar-refractivity contribution is -0.140. The molecule has 0 bridgehead atoms. The van der Waals surface area contributed by atoms with Crippen molar-refractivity contribution < 1.29 is 52.0 Å². The monoisotopic (exact) mass is 1030 g/mol. The molecule has 4 aromatic rings. The zero-order chi connectivity index (χ0) is 50.9. The van der Waals surface area contributed by atoms with Gasteiger partial charge in [-0.15, -0.1) is 0 Å². The van der Waals surface area contributed by atoms with Crippen molar-refractivity contribution in [1.29, 1.82) is 0 Å². The number of carbonyl (C=O) groups excluding carboxylic acids is 2. The molecular weight excluding hydrogens is 967 g/mol. The summed E-state index contributed by atoms with van der Waals surface area (Å²) < 4.78 is 66.4. The smallest absolute Gasteiger partial charge is 0.246 e. The molecule has 2 unspecified atom stereocenters. The number of benzene rings is 4. The van der Waals surface area contributed by atoms with Crippen molar-refractivity contribution in [3.63, 3.8) is 0 Å². The van der Waals surface area contributed by atoms with Gasteiger partial charge in [0.25, 0.3) is 0 Å². The molecule has 0 aromatic heterocycles. The summed E-state index contributed by atoms with van der Waals surface area (Å²) in [4.78, 5) is 32.4. The highest BCUT2D eigenvalue weighted by molar-refractivity contribution is 6.30. The van der Waals surface area contributed by atoms with Gasteiger partial charge >= 0.3 is 0 Å². The maximum atomic E-state index is 13.4. The number of hydrogen-bond acceptors (Lipinski definition) is 8. The predicted octanol–water partition coefficient (Wildman–Crippen LogP) is 8.59. The van der Waals surface area contributed by atoms with Crippen LogP contribution in [-0.4, -0.2) is 141 Å². The molecule has 4 aliphatic rings.